The van der Waals surface area contributed by atoms with Crippen LogP contribution in [0.25, 0.3) is 0 Å². The third-order valence-electron chi connectivity index (χ3n) is 3.35. The number of carbonyl (C=O) groups is 1. The fraction of sp³-hybridized carbons (Fsp3) is 0.235. The van der Waals surface area contributed by atoms with Crippen LogP contribution in [0.4, 0.5) is 14.5 Å². The molecule has 116 valence electrons. The van der Waals surface area contributed by atoms with Crippen LogP contribution in [0.5, 0.6) is 5.75 Å². The second kappa shape index (κ2) is 6.56. The molecular formula is C17H17F2NO2. The zero-order valence-electron chi connectivity index (χ0n) is 12.6. The number of ether oxygens (including phenoxy) is 1. The molecule has 1 atom stereocenters. The Morgan fingerprint density at radius 2 is 1.77 bits per heavy atom. The zero-order valence-corrected chi connectivity index (χ0v) is 12.6. The summed E-state index contributed by atoms with van der Waals surface area (Å²) in [5, 5.41) is 2.72. The first-order chi connectivity index (χ1) is 10.4. The van der Waals surface area contributed by atoms with E-state index >= 15 is 0 Å². The molecule has 0 aromatic heterocycles. The number of rotatable bonds is 4. The van der Waals surface area contributed by atoms with Crippen LogP contribution < -0.4 is 10.1 Å². The van der Waals surface area contributed by atoms with Gasteiger partial charge in [-0.1, -0.05) is 6.07 Å². The average molecular weight is 305 g/mol. The molecule has 0 aliphatic carbocycles. The summed E-state index contributed by atoms with van der Waals surface area (Å²) in [4.78, 5) is 12.1. The quantitative estimate of drug-likeness (QED) is 0.927. The number of amides is 1. The minimum atomic E-state index is -1.01. The first kappa shape index (κ1) is 15.9. The van der Waals surface area contributed by atoms with Crippen LogP contribution in [-0.4, -0.2) is 12.0 Å². The van der Waals surface area contributed by atoms with Crippen molar-refractivity contribution in [2.75, 3.05) is 5.32 Å². The Morgan fingerprint density at radius 1 is 1.05 bits per heavy atom. The number of nitrogens with one attached hydrogen (secondary N) is 1. The molecule has 22 heavy (non-hydrogen) atoms. The van der Waals surface area contributed by atoms with E-state index in [-0.39, 0.29) is 11.7 Å². The minimum Gasteiger partial charge on any atom is -0.481 e. The third kappa shape index (κ3) is 3.81. The highest BCUT2D eigenvalue weighted by Gasteiger charge is 2.16. The summed E-state index contributed by atoms with van der Waals surface area (Å²) in [7, 11) is 0. The van der Waals surface area contributed by atoms with Crippen molar-refractivity contribution in [2.24, 2.45) is 0 Å². The van der Waals surface area contributed by atoms with E-state index in [1.54, 1.807) is 6.07 Å². The van der Waals surface area contributed by atoms with Gasteiger partial charge < -0.3 is 10.1 Å². The summed E-state index contributed by atoms with van der Waals surface area (Å²) in [5.41, 5.74) is 2.85. The molecular weight excluding hydrogens is 288 g/mol. The molecule has 0 heterocycles. The lowest BCUT2D eigenvalue weighted by Crippen LogP contribution is -2.30. The highest BCUT2D eigenvalue weighted by atomic mass is 19.2. The van der Waals surface area contributed by atoms with Crippen molar-refractivity contribution >= 4 is 11.6 Å². The third-order valence-corrected chi connectivity index (χ3v) is 3.35. The average Bonchev–Trinajstić information content (AvgIpc) is 2.46. The van der Waals surface area contributed by atoms with Gasteiger partial charge in [0, 0.05) is 11.8 Å². The molecule has 0 radical (unpaired) electrons. The maximum Gasteiger partial charge on any atom is 0.265 e. The maximum atomic E-state index is 13.1. The van der Waals surface area contributed by atoms with Crippen molar-refractivity contribution in [3.05, 3.63) is 59.2 Å². The molecule has 1 unspecified atom stereocenters. The molecule has 1 N–H and O–H groups in total. The summed E-state index contributed by atoms with van der Waals surface area (Å²) < 4.78 is 31.3. The Kier molecular flexibility index (Phi) is 4.75. The fourth-order valence-electron chi connectivity index (χ4n) is 1.87. The molecule has 0 aliphatic rings. The van der Waals surface area contributed by atoms with E-state index < -0.39 is 17.7 Å². The molecule has 1 amide bonds. The first-order valence-corrected chi connectivity index (χ1v) is 6.86. The molecule has 3 nitrogen and oxygen atoms in total. The lowest BCUT2D eigenvalue weighted by molar-refractivity contribution is -0.122. The fourth-order valence-corrected chi connectivity index (χ4v) is 1.87. The Bertz CT molecular complexity index is 701. The van der Waals surface area contributed by atoms with Crippen LogP contribution in [0.1, 0.15) is 18.1 Å². The van der Waals surface area contributed by atoms with E-state index in [1.165, 1.54) is 13.0 Å². The van der Waals surface area contributed by atoms with Crippen LogP contribution >= 0.6 is 0 Å². The number of hydrogen-bond donors (Lipinski definition) is 1. The highest BCUT2D eigenvalue weighted by molar-refractivity contribution is 5.94. The Labute approximate surface area is 127 Å². The van der Waals surface area contributed by atoms with Gasteiger partial charge in [0.2, 0.25) is 0 Å². The Balaban J connectivity index is 2.02. The van der Waals surface area contributed by atoms with Gasteiger partial charge in [0.05, 0.1) is 0 Å². The summed E-state index contributed by atoms with van der Waals surface area (Å²) in [5.74, 6) is -2.24. The smallest absolute Gasteiger partial charge is 0.265 e. The molecule has 0 aliphatic heterocycles. The molecule has 2 rings (SSSR count). The number of benzene rings is 2. The SMILES string of the molecule is Cc1ccc(NC(=O)C(C)Oc2ccc(F)c(F)c2)cc1C. The second-order valence-electron chi connectivity index (χ2n) is 5.12. The van der Waals surface area contributed by atoms with Crippen molar-refractivity contribution < 1.29 is 18.3 Å². The van der Waals surface area contributed by atoms with Crippen LogP contribution in [0.15, 0.2) is 36.4 Å². The van der Waals surface area contributed by atoms with Crippen LogP contribution in [0, 0.1) is 25.5 Å². The lowest BCUT2D eigenvalue weighted by atomic mass is 10.1. The molecule has 0 saturated carbocycles. The van der Waals surface area contributed by atoms with Crippen LogP contribution in [-0.2, 0) is 4.79 Å². The van der Waals surface area contributed by atoms with Gasteiger partial charge in [-0.15, -0.1) is 0 Å². The van der Waals surface area contributed by atoms with Crippen molar-refractivity contribution in [3.8, 4) is 5.75 Å². The number of aryl methyl sites for hydroxylation is 2. The number of hydrogen-bond acceptors (Lipinski definition) is 2. The largest absolute Gasteiger partial charge is 0.481 e. The molecule has 5 heteroatoms. The van der Waals surface area contributed by atoms with E-state index in [9.17, 15) is 13.6 Å². The predicted octanol–water partition coefficient (Wildman–Crippen LogP) is 3.99. The van der Waals surface area contributed by atoms with E-state index in [1.807, 2.05) is 26.0 Å². The van der Waals surface area contributed by atoms with Crippen LogP contribution in [0.3, 0.4) is 0 Å². The van der Waals surface area contributed by atoms with Crippen molar-refractivity contribution in [2.45, 2.75) is 26.9 Å². The van der Waals surface area contributed by atoms with Crippen molar-refractivity contribution in [3.63, 3.8) is 0 Å². The number of anilines is 1. The lowest BCUT2D eigenvalue weighted by Gasteiger charge is -2.15. The second-order valence-corrected chi connectivity index (χ2v) is 5.12. The van der Waals surface area contributed by atoms with Gasteiger partial charge in [-0.25, -0.2) is 8.78 Å². The van der Waals surface area contributed by atoms with Crippen molar-refractivity contribution in [1.29, 1.82) is 0 Å². The van der Waals surface area contributed by atoms with E-state index in [0.29, 0.717) is 5.69 Å². The molecule has 2 aromatic rings. The van der Waals surface area contributed by atoms with E-state index in [2.05, 4.69) is 5.32 Å². The monoisotopic (exact) mass is 305 g/mol. The minimum absolute atomic E-state index is 0.0987. The molecule has 0 bridgehead atoms. The first-order valence-electron chi connectivity index (χ1n) is 6.86. The summed E-state index contributed by atoms with van der Waals surface area (Å²) in [6, 6.07) is 8.71. The molecule has 0 spiro atoms. The van der Waals surface area contributed by atoms with Gasteiger partial charge in [0.15, 0.2) is 17.7 Å². The van der Waals surface area contributed by atoms with Gasteiger partial charge in [0.1, 0.15) is 5.75 Å². The normalized spacial score (nSPS) is 11.9. The summed E-state index contributed by atoms with van der Waals surface area (Å²) >= 11 is 0. The number of carbonyl (C=O) groups excluding carboxylic acids is 1. The van der Waals surface area contributed by atoms with Crippen LogP contribution in [0.2, 0.25) is 0 Å². The van der Waals surface area contributed by atoms with Gasteiger partial charge in [-0.2, -0.15) is 0 Å². The highest BCUT2D eigenvalue weighted by Crippen LogP contribution is 2.18. The maximum absolute atomic E-state index is 13.1. The zero-order chi connectivity index (χ0) is 16.3. The summed E-state index contributed by atoms with van der Waals surface area (Å²) in [6.07, 6.45) is -0.841. The van der Waals surface area contributed by atoms with Gasteiger partial charge in [-0.05, 0) is 56.2 Å². The predicted molar refractivity (Wildman–Crippen MR) is 81.0 cm³/mol. The Morgan fingerprint density at radius 3 is 2.41 bits per heavy atom. The van der Waals surface area contributed by atoms with Gasteiger partial charge in [-0.3, -0.25) is 4.79 Å². The number of halogens is 2. The van der Waals surface area contributed by atoms with Gasteiger partial charge >= 0.3 is 0 Å². The Hall–Kier alpha value is -2.43. The van der Waals surface area contributed by atoms with E-state index in [4.69, 9.17) is 4.74 Å². The van der Waals surface area contributed by atoms with E-state index in [0.717, 1.165) is 23.3 Å². The topological polar surface area (TPSA) is 38.3 Å². The van der Waals surface area contributed by atoms with Gasteiger partial charge in [0.25, 0.3) is 5.91 Å². The molecule has 0 saturated heterocycles. The summed E-state index contributed by atoms with van der Waals surface area (Å²) in [6.45, 7) is 5.47. The van der Waals surface area contributed by atoms with Crippen molar-refractivity contribution in [1.82, 2.24) is 0 Å². The molecule has 2 aromatic carbocycles. The molecule has 0 fully saturated rings. The standard InChI is InChI=1S/C17H17F2NO2/c1-10-4-5-13(8-11(10)2)20-17(21)12(3)22-14-6-7-15(18)16(19)9-14/h4-9,12H,1-3H3,(H,20,21).